The van der Waals surface area contributed by atoms with Crippen LogP contribution >= 0.6 is 7.82 Å². The maximum Gasteiger partial charge on any atom is 0.584 e. The van der Waals surface area contributed by atoms with Gasteiger partial charge in [0.15, 0.2) is 11.6 Å². The van der Waals surface area contributed by atoms with Crippen LogP contribution in [0.1, 0.15) is 55.8 Å². The summed E-state index contributed by atoms with van der Waals surface area (Å²) >= 11 is 0. The van der Waals surface area contributed by atoms with Crippen molar-refractivity contribution in [3.05, 3.63) is 118 Å². The first-order chi connectivity index (χ1) is 19.5. The van der Waals surface area contributed by atoms with E-state index in [1.165, 1.54) is 24.3 Å². The number of phenolic OH excluding ortho intramolecular Hbond substituents is 2. The highest BCUT2D eigenvalue weighted by atomic mass is 31.2. The van der Waals surface area contributed by atoms with Crippen molar-refractivity contribution in [2.24, 2.45) is 0 Å². The van der Waals surface area contributed by atoms with Crippen LogP contribution in [0.3, 0.4) is 0 Å². The SMILES string of the molecule is Cc1cc(OP(=O)(O)Oc2ccc(CCC(=O)c3ccccc3O)c(C)c2)ccc1CCC(=O)c1ccccc1O. The van der Waals surface area contributed by atoms with Gasteiger partial charge in [0.05, 0.1) is 11.1 Å². The van der Waals surface area contributed by atoms with Gasteiger partial charge in [-0.3, -0.25) is 14.5 Å². The molecule has 0 saturated carbocycles. The molecule has 4 aromatic carbocycles. The van der Waals surface area contributed by atoms with Gasteiger partial charge in [-0.2, -0.15) is 0 Å². The summed E-state index contributed by atoms with van der Waals surface area (Å²) < 4.78 is 23.3. The van der Waals surface area contributed by atoms with E-state index < -0.39 is 7.82 Å². The van der Waals surface area contributed by atoms with E-state index in [4.69, 9.17) is 9.05 Å². The summed E-state index contributed by atoms with van der Waals surface area (Å²) in [6, 6.07) is 22.5. The van der Waals surface area contributed by atoms with Crippen LogP contribution in [0.2, 0.25) is 0 Å². The van der Waals surface area contributed by atoms with Gasteiger partial charge in [-0.25, -0.2) is 4.57 Å². The number of rotatable bonds is 12. The molecule has 4 aromatic rings. The van der Waals surface area contributed by atoms with Crippen molar-refractivity contribution in [2.45, 2.75) is 39.5 Å². The average molecular weight is 575 g/mol. The topological polar surface area (TPSA) is 130 Å². The number of aromatic hydroxyl groups is 2. The van der Waals surface area contributed by atoms with E-state index >= 15 is 0 Å². The Hall–Kier alpha value is -4.39. The molecule has 0 heterocycles. The van der Waals surface area contributed by atoms with E-state index in [9.17, 15) is 29.3 Å². The monoisotopic (exact) mass is 574 g/mol. The zero-order valence-electron chi connectivity index (χ0n) is 22.7. The molecule has 0 aromatic heterocycles. The molecule has 0 atom stereocenters. The number of Topliss-reactive ketones (excluding diaryl/α,β-unsaturated/α-hetero) is 2. The van der Waals surface area contributed by atoms with E-state index in [1.54, 1.807) is 60.7 Å². The number of phenols is 2. The third-order valence-corrected chi connectivity index (χ3v) is 7.60. The Balaban J connectivity index is 1.33. The standard InChI is InChI=1S/C32H31O8P/c1-21-19-25(15-11-23(21)13-17-31(35)27-7-3-5-9-29(27)33)39-41(37,38)40-26-16-12-24(22(2)20-26)14-18-32(36)28-8-4-6-10-30(28)34/h3-12,15-16,19-20,33-34H,13-14,17-18H2,1-2H3,(H,37,38). The predicted octanol–water partition coefficient (Wildman–Crippen LogP) is 6.90. The van der Waals surface area contributed by atoms with Gasteiger partial charge in [0, 0.05) is 12.8 Å². The molecular formula is C32H31O8P. The molecule has 4 rings (SSSR count). The fourth-order valence-corrected chi connectivity index (χ4v) is 5.28. The third-order valence-electron chi connectivity index (χ3n) is 6.72. The van der Waals surface area contributed by atoms with E-state index in [0.717, 1.165) is 22.3 Å². The maximum atomic E-state index is 12.7. The molecule has 0 fully saturated rings. The largest absolute Gasteiger partial charge is 0.584 e. The molecular weight excluding hydrogens is 543 g/mol. The van der Waals surface area contributed by atoms with Crippen molar-refractivity contribution < 1.29 is 38.3 Å². The molecule has 0 bridgehead atoms. The number of phosphoric acid groups is 1. The van der Waals surface area contributed by atoms with Gasteiger partial charge < -0.3 is 19.3 Å². The number of ketones is 2. The average Bonchev–Trinajstić information content (AvgIpc) is 2.92. The Morgan fingerprint density at radius 2 is 1.05 bits per heavy atom. The van der Waals surface area contributed by atoms with E-state index in [0.29, 0.717) is 12.8 Å². The Morgan fingerprint density at radius 1 is 0.659 bits per heavy atom. The molecule has 0 radical (unpaired) electrons. The minimum Gasteiger partial charge on any atom is -0.507 e. The van der Waals surface area contributed by atoms with E-state index in [1.807, 2.05) is 13.8 Å². The van der Waals surface area contributed by atoms with Crippen LogP contribution in [0.5, 0.6) is 23.0 Å². The molecule has 41 heavy (non-hydrogen) atoms. The first kappa shape index (κ1) is 29.6. The molecule has 9 heteroatoms. The summed E-state index contributed by atoms with van der Waals surface area (Å²) in [6.45, 7) is 3.61. The molecule has 212 valence electrons. The zero-order valence-corrected chi connectivity index (χ0v) is 23.6. The Morgan fingerprint density at radius 3 is 1.41 bits per heavy atom. The number of carbonyl (C=O) groups excluding carboxylic acids is 2. The number of hydrogen-bond donors (Lipinski definition) is 3. The van der Waals surface area contributed by atoms with Crippen LogP contribution in [-0.4, -0.2) is 26.7 Å². The summed E-state index contributed by atoms with van der Waals surface area (Å²) in [7, 11) is -4.52. The van der Waals surface area contributed by atoms with Crippen LogP contribution in [0.25, 0.3) is 0 Å². The highest BCUT2D eigenvalue weighted by Gasteiger charge is 2.26. The van der Waals surface area contributed by atoms with Crippen LogP contribution in [0.4, 0.5) is 0 Å². The van der Waals surface area contributed by atoms with Crippen molar-refractivity contribution >= 4 is 19.4 Å². The summed E-state index contributed by atoms with van der Waals surface area (Å²) in [5, 5.41) is 19.8. The van der Waals surface area contributed by atoms with Gasteiger partial charge in [-0.1, -0.05) is 36.4 Å². The lowest BCUT2D eigenvalue weighted by Crippen LogP contribution is -2.04. The minimum absolute atomic E-state index is 0.0548. The zero-order chi connectivity index (χ0) is 29.6. The normalized spacial score (nSPS) is 11.2. The highest BCUT2D eigenvalue weighted by molar-refractivity contribution is 7.48. The summed E-state index contributed by atoms with van der Waals surface area (Å²) in [6.07, 6.45) is 1.24. The number of phosphoric ester groups is 1. The molecule has 0 aliphatic rings. The van der Waals surface area contributed by atoms with Crippen molar-refractivity contribution in [1.29, 1.82) is 0 Å². The van der Waals surface area contributed by atoms with Gasteiger partial charge in [-0.05, 0) is 97.5 Å². The summed E-state index contributed by atoms with van der Waals surface area (Å²) in [5.41, 5.74) is 3.81. The first-order valence-corrected chi connectivity index (χ1v) is 14.6. The van der Waals surface area contributed by atoms with E-state index in [2.05, 4.69) is 0 Å². The Kier molecular flexibility index (Phi) is 9.28. The van der Waals surface area contributed by atoms with Crippen LogP contribution in [-0.2, 0) is 17.4 Å². The van der Waals surface area contributed by atoms with Crippen molar-refractivity contribution in [3.63, 3.8) is 0 Å². The number of benzene rings is 4. The second kappa shape index (κ2) is 12.9. The molecule has 0 spiro atoms. The van der Waals surface area contributed by atoms with Gasteiger partial charge in [0.2, 0.25) is 0 Å². The van der Waals surface area contributed by atoms with E-state index in [-0.39, 0.29) is 58.5 Å². The molecule has 0 amide bonds. The fourth-order valence-electron chi connectivity index (χ4n) is 4.48. The molecule has 0 saturated heterocycles. The number of para-hydroxylation sites is 2. The van der Waals surface area contributed by atoms with Gasteiger partial charge in [0.25, 0.3) is 0 Å². The lowest BCUT2D eigenvalue weighted by molar-refractivity contribution is 0.0972. The van der Waals surface area contributed by atoms with Crippen molar-refractivity contribution in [1.82, 2.24) is 0 Å². The second-order valence-electron chi connectivity index (χ2n) is 9.71. The van der Waals surface area contributed by atoms with Gasteiger partial charge in [-0.15, -0.1) is 0 Å². The highest BCUT2D eigenvalue weighted by Crippen LogP contribution is 2.45. The minimum atomic E-state index is -4.52. The van der Waals surface area contributed by atoms with Crippen LogP contribution < -0.4 is 9.05 Å². The molecule has 0 unspecified atom stereocenters. The fraction of sp³-hybridized carbons (Fsp3) is 0.188. The predicted molar refractivity (Wildman–Crippen MR) is 155 cm³/mol. The van der Waals surface area contributed by atoms with Crippen LogP contribution in [0, 0.1) is 13.8 Å². The number of hydrogen-bond acceptors (Lipinski definition) is 7. The lowest BCUT2D eigenvalue weighted by atomic mass is 9.99. The smallest absolute Gasteiger partial charge is 0.507 e. The molecule has 8 nitrogen and oxygen atoms in total. The molecule has 0 aliphatic heterocycles. The third kappa shape index (κ3) is 7.84. The lowest BCUT2D eigenvalue weighted by Gasteiger charge is -2.16. The Labute approximate surface area is 238 Å². The summed E-state index contributed by atoms with van der Waals surface area (Å²) in [4.78, 5) is 35.3. The number of aryl methyl sites for hydroxylation is 4. The first-order valence-electron chi connectivity index (χ1n) is 13.1. The maximum absolute atomic E-state index is 12.7. The van der Waals surface area contributed by atoms with Crippen molar-refractivity contribution in [3.8, 4) is 23.0 Å². The number of carbonyl (C=O) groups is 2. The molecule has 3 N–H and O–H groups in total. The van der Waals surface area contributed by atoms with Crippen LogP contribution in [0.15, 0.2) is 84.9 Å². The molecule has 0 aliphatic carbocycles. The second-order valence-corrected chi connectivity index (χ2v) is 11.0. The van der Waals surface area contributed by atoms with Gasteiger partial charge in [0.1, 0.15) is 23.0 Å². The Bertz CT molecular complexity index is 1510. The quantitative estimate of drug-likeness (QED) is 0.123. The van der Waals surface area contributed by atoms with Crippen molar-refractivity contribution in [2.75, 3.05) is 0 Å². The van der Waals surface area contributed by atoms with Gasteiger partial charge >= 0.3 is 7.82 Å². The summed E-state index contributed by atoms with van der Waals surface area (Å²) in [5.74, 6) is -0.194.